The molecule has 5 nitrogen and oxygen atoms in total. The number of aliphatic imine (C=N–C) groups is 1. The van der Waals surface area contributed by atoms with Crippen molar-refractivity contribution in [2.45, 2.75) is 46.7 Å². The number of benzene rings is 1. The van der Waals surface area contributed by atoms with Crippen molar-refractivity contribution >= 4 is 17.3 Å². The fraction of sp³-hybridized carbons (Fsp3) is 0.545. The highest BCUT2D eigenvalue weighted by Gasteiger charge is 2.20. The van der Waals surface area contributed by atoms with E-state index in [0.29, 0.717) is 12.5 Å². The SMILES string of the molecule is CCNC(=NCc1ccc(C)cc1)NCC1CCN(Cc2csc(C)n2)CC1. The Kier molecular flexibility index (Phi) is 7.86. The summed E-state index contributed by atoms with van der Waals surface area (Å²) >= 11 is 1.75. The summed E-state index contributed by atoms with van der Waals surface area (Å²) in [6.07, 6.45) is 2.46. The fourth-order valence-electron chi connectivity index (χ4n) is 3.51. The molecule has 1 aromatic heterocycles. The molecule has 3 rings (SSSR count). The number of hydrogen-bond donors (Lipinski definition) is 2. The van der Waals surface area contributed by atoms with Crippen LogP contribution < -0.4 is 10.6 Å². The molecule has 2 aromatic rings. The van der Waals surface area contributed by atoms with Crippen molar-refractivity contribution < 1.29 is 0 Å². The van der Waals surface area contributed by atoms with E-state index in [0.717, 1.165) is 43.7 Å². The molecule has 0 radical (unpaired) electrons. The van der Waals surface area contributed by atoms with Crippen LogP contribution in [-0.4, -0.2) is 42.0 Å². The average molecular weight is 400 g/mol. The molecule has 6 heteroatoms. The van der Waals surface area contributed by atoms with Crippen LogP contribution in [0.15, 0.2) is 34.6 Å². The minimum Gasteiger partial charge on any atom is -0.357 e. The van der Waals surface area contributed by atoms with Gasteiger partial charge in [-0.25, -0.2) is 9.98 Å². The number of hydrogen-bond acceptors (Lipinski definition) is 4. The summed E-state index contributed by atoms with van der Waals surface area (Å²) < 4.78 is 0. The van der Waals surface area contributed by atoms with Crippen molar-refractivity contribution in [3.05, 3.63) is 51.5 Å². The maximum absolute atomic E-state index is 4.75. The van der Waals surface area contributed by atoms with Crippen LogP contribution in [0.3, 0.4) is 0 Å². The van der Waals surface area contributed by atoms with Crippen molar-refractivity contribution in [3.63, 3.8) is 0 Å². The summed E-state index contributed by atoms with van der Waals surface area (Å²) in [7, 11) is 0. The van der Waals surface area contributed by atoms with Crippen LogP contribution in [0, 0.1) is 19.8 Å². The van der Waals surface area contributed by atoms with Crippen LogP contribution in [0.1, 0.15) is 41.6 Å². The molecule has 0 atom stereocenters. The van der Waals surface area contributed by atoms with Crippen molar-refractivity contribution in [1.29, 1.82) is 0 Å². The second kappa shape index (κ2) is 10.6. The topological polar surface area (TPSA) is 52.6 Å². The number of aromatic nitrogens is 1. The van der Waals surface area contributed by atoms with Crippen molar-refractivity contribution in [3.8, 4) is 0 Å². The molecule has 1 aromatic carbocycles. The van der Waals surface area contributed by atoms with Gasteiger partial charge in [0.2, 0.25) is 0 Å². The third kappa shape index (κ3) is 6.60. The van der Waals surface area contributed by atoms with Gasteiger partial charge in [0, 0.05) is 25.0 Å². The van der Waals surface area contributed by atoms with Crippen molar-refractivity contribution in [2.75, 3.05) is 26.2 Å². The lowest BCUT2D eigenvalue weighted by atomic mass is 9.97. The number of rotatable bonds is 7. The molecule has 2 N–H and O–H groups in total. The highest BCUT2D eigenvalue weighted by Crippen LogP contribution is 2.19. The van der Waals surface area contributed by atoms with E-state index in [-0.39, 0.29) is 0 Å². The molecule has 2 heterocycles. The molecular weight excluding hydrogens is 366 g/mol. The maximum Gasteiger partial charge on any atom is 0.191 e. The Hall–Kier alpha value is -1.92. The molecule has 28 heavy (non-hydrogen) atoms. The van der Waals surface area contributed by atoms with Gasteiger partial charge in [0.05, 0.1) is 17.2 Å². The first-order chi connectivity index (χ1) is 13.6. The zero-order valence-corrected chi connectivity index (χ0v) is 18.2. The van der Waals surface area contributed by atoms with Gasteiger partial charge in [0.25, 0.3) is 0 Å². The first kappa shape index (κ1) is 20.8. The van der Waals surface area contributed by atoms with Gasteiger partial charge >= 0.3 is 0 Å². The maximum atomic E-state index is 4.75. The molecule has 1 saturated heterocycles. The Labute approximate surface area is 173 Å². The summed E-state index contributed by atoms with van der Waals surface area (Å²) in [5.41, 5.74) is 3.75. The lowest BCUT2D eigenvalue weighted by molar-refractivity contribution is 0.176. The number of aryl methyl sites for hydroxylation is 2. The van der Waals surface area contributed by atoms with Gasteiger partial charge in [-0.1, -0.05) is 29.8 Å². The minimum absolute atomic E-state index is 0.705. The number of piperidine rings is 1. The number of thiazole rings is 1. The number of nitrogens with one attached hydrogen (secondary N) is 2. The van der Waals surface area contributed by atoms with E-state index in [2.05, 4.69) is 70.9 Å². The summed E-state index contributed by atoms with van der Waals surface area (Å²) in [4.78, 5) is 11.9. The number of nitrogens with zero attached hydrogens (tertiary/aromatic N) is 3. The molecule has 0 spiro atoms. The van der Waals surface area contributed by atoms with Crippen molar-refractivity contribution in [1.82, 2.24) is 20.5 Å². The third-order valence-electron chi connectivity index (χ3n) is 5.20. The van der Waals surface area contributed by atoms with Gasteiger partial charge in [-0.15, -0.1) is 11.3 Å². The Morgan fingerprint density at radius 3 is 2.57 bits per heavy atom. The predicted molar refractivity (Wildman–Crippen MR) is 119 cm³/mol. The van der Waals surface area contributed by atoms with E-state index in [9.17, 15) is 0 Å². The molecule has 0 unspecified atom stereocenters. The van der Waals surface area contributed by atoms with E-state index >= 15 is 0 Å². The van der Waals surface area contributed by atoms with Gasteiger partial charge in [-0.2, -0.15) is 0 Å². The lowest BCUT2D eigenvalue weighted by Gasteiger charge is -2.31. The Morgan fingerprint density at radius 2 is 1.93 bits per heavy atom. The van der Waals surface area contributed by atoms with E-state index in [1.807, 2.05) is 0 Å². The van der Waals surface area contributed by atoms with E-state index in [1.165, 1.54) is 29.7 Å². The zero-order valence-electron chi connectivity index (χ0n) is 17.4. The number of guanidine groups is 1. The van der Waals surface area contributed by atoms with Gasteiger partial charge < -0.3 is 10.6 Å². The van der Waals surface area contributed by atoms with Crippen LogP contribution in [0.5, 0.6) is 0 Å². The molecule has 0 saturated carbocycles. The fourth-order valence-corrected chi connectivity index (χ4v) is 4.11. The highest BCUT2D eigenvalue weighted by atomic mass is 32.1. The highest BCUT2D eigenvalue weighted by molar-refractivity contribution is 7.09. The van der Waals surface area contributed by atoms with E-state index < -0.39 is 0 Å². The van der Waals surface area contributed by atoms with Gasteiger partial charge in [0.15, 0.2) is 5.96 Å². The standard InChI is InChI=1S/C22H33N5S/c1-4-23-22(24-13-19-7-5-17(2)6-8-19)25-14-20-9-11-27(12-10-20)15-21-16-28-18(3)26-21/h5-8,16,20H,4,9-15H2,1-3H3,(H2,23,24,25). The molecule has 1 aliphatic rings. The summed E-state index contributed by atoms with van der Waals surface area (Å²) in [6.45, 7) is 12.2. The van der Waals surface area contributed by atoms with Crippen LogP contribution >= 0.6 is 11.3 Å². The minimum atomic E-state index is 0.705. The quantitative estimate of drug-likeness (QED) is 0.550. The van der Waals surface area contributed by atoms with Crippen molar-refractivity contribution in [2.24, 2.45) is 10.9 Å². The predicted octanol–water partition coefficient (Wildman–Crippen LogP) is 3.73. The number of likely N-dealkylation sites (tertiary alicyclic amines) is 1. The van der Waals surface area contributed by atoms with Crippen LogP contribution in [0.2, 0.25) is 0 Å². The smallest absolute Gasteiger partial charge is 0.191 e. The summed E-state index contributed by atoms with van der Waals surface area (Å²) in [5, 5.41) is 10.3. The van der Waals surface area contributed by atoms with E-state index in [4.69, 9.17) is 4.99 Å². The second-order valence-electron chi connectivity index (χ2n) is 7.64. The normalized spacial score (nSPS) is 16.3. The van der Waals surface area contributed by atoms with Gasteiger partial charge in [0.1, 0.15) is 0 Å². The molecule has 152 valence electrons. The monoisotopic (exact) mass is 399 g/mol. The lowest BCUT2D eigenvalue weighted by Crippen LogP contribution is -2.42. The average Bonchev–Trinajstić information content (AvgIpc) is 3.11. The van der Waals surface area contributed by atoms with Crippen LogP contribution in [0.4, 0.5) is 0 Å². The molecule has 1 aliphatic heterocycles. The zero-order chi connectivity index (χ0) is 19.8. The molecule has 0 amide bonds. The molecular formula is C22H33N5S. The van der Waals surface area contributed by atoms with Crippen LogP contribution in [0.25, 0.3) is 0 Å². The summed E-state index contributed by atoms with van der Waals surface area (Å²) in [6, 6.07) is 8.60. The second-order valence-corrected chi connectivity index (χ2v) is 8.70. The largest absolute Gasteiger partial charge is 0.357 e. The molecule has 0 aliphatic carbocycles. The Bertz CT molecular complexity index is 745. The van der Waals surface area contributed by atoms with E-state index in [1.54, 1.807) is 11.3 Å². The van der Waals surface area contributed by atoms with Gasteiger partial charge in [-0.05, 0) is 58.2 Å². The van der Waals surface area contributed by atoms with Gasteiger partial charge in [-0.3, -0.25) is 4.90 Å². The third-order valence-corrected chi connectivity index (χ3v) is 6.02. The first-order valence-corrected chi connectivity index (χ1v) is 11.2. The van der Waals surface area contributed by atoms with Crippen LogP contribution in [-0.2, 0) is 13.1 Å². The summed E-state index contributed by atoms with van der Waals surface area (Å²) in [5.74, 6) is 1.63. The Morgan fingerprint density at radius 1 is 1.18 bits per heavy atom. The molecule has 0 bridgehead atoms. The molecule has 1 fully saturated rings. The Balaban J connectivity index is 1.42. The first-order valence-electron chi connectivity index (χ1n) is 10.3.